The van der Waals surface area contributed by atoms with E-state index in [4.69, 9.17) is 9.47 Å². The number of carbonyl (C=O) groups excluding carboxylic acids is 1. The first-order chi connectivity index (χ1) is 9.90. The molecule has 21 heavy (non-hydrogen) atoms. The van der Waals surface area contributed by atoms with Crippen molar-refractivity contribution in [2.75, 3.05) is 31.8 Å². The summed E-state index contributed by atoms with van der Waals surface area (Å²) in [7, 11) is 0.330. The summed E-state index contributed by atoms with van der Waals surface area (Å²) in [4.78, 5) is 18.6. The molecule has 1 aromatic rings. The Kier molecular flexibility index (Phi) is 6.15. The van der Waals surface area contributed by atoms with Crippen LogP contribution in [0.4, 0.5) is 5.95 Å². The monoisotopic (exact) mass is 319 g/mol. The molecule has 1 heterocycles. The molecule has 0 aromatic carbocycles. The molecular formula is C11H17N3O6S. The summed E-state index contributed by atoms with van der Waals surface area (Å²) >= 11 is 0. The lowest BCUT2D eigenvalue weighted by molar-refractivity contribution is -0.140. The van der Waals surface area contributed by atoms with Crippen LogP contribution >= 0.6 is 0 Å². The molecule has 0 spiro atoms. The van der Waals surface area contributed by atoms with Crippen LogP contribution in [0, 0.1) is 0 Å². The summed E-state index contributed by atoms with van der Waals surface area (Å²) in [6, 6.07) is 1.41. The van der Waals surface area contributed by atoms with Crippen LogP contribution in [0.2, 0.25) is 0 Å². The number of hydrogen-bond acceptors (Lipinski definition) is 8. The second kappa shape index (κ2) is 7.62. The molecular weight excluding hydrogens is 302 g/mol. The maximum absolute atomic E-state index is 11.8. The fourth-order valence-electron chi connectivity index (χ4n) is 1.36. The minimum absolute atomic E-state index is 0.0136. The number of anilines is 1. The number of methoxy groups -OCH3 is 3. The molecule has 0 aliphatic heterocycles. The third kappa shape index (κ3) is 5.81. The van der Waals surface area contributed by atoms with Crippen molar-refractivity contribution in [3.05, 3.63) is 6.07 Å². The van der Waals surface area contributed by atoms with Gasteiger partial charge < -0.3 is 14.2 Å². The number of carbonyl (C=O) groups is 1. The van der Waals surface area contributed by atoms with Crippen molar-refractivity contribution in [3.8, 4) is 11.8 Å². The molecule has 1 N–H and O–H groups in total. The molecule has 0 saturated carbocycles. The second-order valence-corrected chi connectivity index (χ2v) is 5.72. The Morgan fingerprint density at radius 1 is 1.19 bits per heavy atom. The van der Waals surface area contributed by atoms with Gasteiger partial charge in [-0.15, -0.1) is 0 Å². The predicted molar refractivity (Wildman–Crippen MR) is 73.8 cm³/mol. The van der Waals surface area contributed by atoms with E-state index in [1.807, 2.05) is 0 Å². The number of nitrogens with one attached hydrogen (secondary N) is 1. The highest BCUT2D eigenvalue weighted by atomic mass is 32.2. The summed E-state index contributed by atoms with van der Waals surface area (Å²) in [6.45, 7) is 0. The number of esters is 1. The molecule has 0 aliphatic carbocycles. The molecule has 0 fully saturated rings. The topological polar surface area (TPSA) is 117 Å². The smallest absolute Gasteiger partial charge is 0.305 e. The summed E-state index contributed by atoms with van der Waals surface area (Å²) < 4.78 is 40.1. The largest absolute Gasteiger partial charge is 0.481 e. The normalized spacial score (nSPS) is 10.8. The fraction of sp³-hybridized carbons (Fsp3) is 0.545. The molecule has 9 nitrogen and oxygen atoms in total. The highest BCUT2D eigenvalue weighted by Crippen LogP contribution is 2.18. The van der Waals surface area contributed by atoms with E-state index in [1.165, 1.54) is 27.4 Å². The van der Waals surface area contributed by atoms with Crippen molar-refractivity contribution in [1.29, 1.82) is 0 Å². The number of hydrogen-bond donors (Lipinski definition) is 1. The first-order valence-electron chi connectivity index (χ1n) is 5.94. The van der Waals surface area contributed by atoms with Gasteiger partial charge in [0.05, 0.1) is 33.1 Å². The van der Waals surface area contributed by atoms with E-state index in [1.54, 1.807) is 0 Å². The van der Waals surface area contributed by atoms with Crippen LogP contribution in [0.25, 0.3) is 0 Å². The van der Waals surface area contributed by atoms with Crippen LogP contribution in [0.1, 0.15) is 12.8 Å². The van der Waals surface area contributed by atoms with E-state index < -0.39 is 16.0 Å². The highest BCUT2D eigenvalue weighted by molar-refractivity contribution is 7.92. The number of nitrogens with zero attached hydrogens (tertiary/aromatic N) is 2. The minimum Gasteiger partial charge on any atom is -0.481 e. The van der Waals surface area contributed by atoms with Gasteiger partial charge in [-0.1, -0.05) is 0 Å². The van der Waals surface area contributed by atoms with Crippen molar-refractivity contribution in [2.24, 2.45) is 0 Å². The van der Waals surface area contributed by atoms with Gasteiger partial charge >= 0.3 is 5.97 Å². The summed E-state index contributed by atoms with van der Waals surface area (Å²) in [5.74, 6) is -0.567. The third-order valence-corrected chi connectivity index (χ3v) is 3.69. The van der Waals surface area contributed by atoms with Crippen molar-refractivity contribution < 1.29 is 27.4 Å². The van der Waals surface area contributed by atoms with Crippen LogP contribution in [0.5, 0.6) is 11.8 Å². The molecule has 0 aliphatic rings. The van der Waals surface area contributed by atoms with Gasteiger partial charge in [-0.2, -0.15) is 9.97 Å². The van der Waals surface area contributed by atoms with Crippen molar-refractivity contribution in [2.45, 2.75) is 12.8 Å². The Bertz CT molecular complexity index is 567. The number of sulfonamides is 1. The lowest BCUT2D eigenvalue weighted by atomic mass is 10.3. The first kappa shape index (κ1) is 17.0. The van der Waals surface area contributed by atoms with Crippen LogP contribution in [-0.4, -0.2) is 51.4 Å². The van der Waals surface area contributed by atoms with Gasteiger partial charge in [0.15, 0.2) is 0 Å². The lowest BCUT2D eigenvalue weighted by Crippen LogP contribution is -2.19. The minimum atomic E-state index is -3.68. The third-order valence-electron chi connectivity index (χ3n) is 2.37. The summed E-state index contributed by atoms with van der Waals surface area (Å²) in [6.07, 6.45) is 0.142. The first-order valence-corrected chi connectivity index (χ1v) is 7.59. The molecule has 0 radical (unpaired) electrons. The van der Waals surface area contributed by atoms with E-state index >= 15 is 0 Å². The SMILES string of the molecule is COC(=O)CCCS(=O)(=O)Nc1nc(OC)cc(OC)n1. The van der Waals surface area contributed by atoms with Crippen molar-refractivity contribution in [1.82, 2.24) is 9.97 Å². The van der Waals surface area contributed by atoms with Gasteiger partial charge in [0.1, 0.15) is 0 Å². The van der Waals surface area contributed by atoms with Crippen LogP contribution in [0.3, 0.4) is 0 Å². The average molecular weight is 319 g/mol. The number of rotatable bonds is 8. The van der Waals surface area contributed by atoms with Crippen molar-refractivity contribution in [3.63, 3.8) is 0 Å². The zero-order valence-electron chi connectivity index (χ0n) is 12.0. The fourth-order valence-corrected chi connectivity index (χ4v) is 2.35. The van der Waals surface area contributed by atoms with E-state index in [-0.39, 0.29) is 36.3 Å². The molecule has 0 bridgehead atoms. The maximum atomic E-state index is 11.8. The number of ether oxygens (including phenoxy) is 3. The highest BCUT2D eigenvalue weighted by Gasteiger charge is 2.15. The molecule has 0 amide bonds. The standard InChI is InChI=1S/C11H17N3O6S/c1-18-8-7-9(19-2)13-11(12-8)14-21(16,17)6-4-5-10(15)20-3/h7H,4-6H2,1-3H3,(H,12,13,14). The molecule has 0 saturated heterocycles. The number of aromatic nitrogens is 2. The van der Waals surface area contributed by atoms with E-state index in [9.17, 15) is 13.2 Å². The van der Waals surface area contributed by atoms with Gasteiger partial charge in [-0.05, 0) is 6.42 Å². The predicted octanol–water partition coefficient (Wildman–Crippen LogP) is 0.189. The van der Waals surface area contributed by atoms with E-state index in [0.717, 1.165) is 0 Å². The van der Waals surface area contributed by atoms with Crippen LogP contribution in [0.15, 0.2) is 6.07 Å². The molecule has 118 valence electrons. The molecule has 0 atom stereocenters. The van der Waals surface area contributed by atoms with Gasteiger partial charge in [0.2, 0.25) is 27.7 Å². The van der Waals surface area contributed by atoms with Crippen LogP contribution < -0.4 is 14.2 Å². The zero-order chi connectivity index (χ0) is 15.9. The molecule has 0 unspecified atom stereocenters. The lowest BCUT2D eigenvalue weighted by Gasteiger charge is -2.09. The van der Waals surface area contributed by atoms with Gasteiger partial charge in [0, 0.05) is 6.42 Å². The summed E-state index contributed by atoms with van der Waals surface area (Å²) in [5.41, 5.74) is 0. The molecule has 10 heteroatoms. The summed E-state index contributed by atoms with van der Waals surface area (Å²) in [5, 5.41) is 0. The maximum Gasteiger partial charge on any atom is 0.305 e. The van der Waals surface area contributed by atoms with E-state index in [2.05, 4.69) is 19.4 Å². The van der Waals surface area contributed by atoms with Crippen LogP contribution in [-0.2, 0) is 19.6 Å². The zero-order valence-corrected chi connectivity index (χ0v) is 12.8. The Balaban J connectivity index is 2.72. The van der Waals surface area contributed by atoms with Gasteiger partial charge in [0.25, 0.3) is 0 Å². The van der Waals surface area contributed by atoms with Gasteiger partial charge in [-0.3, -0.25) is 9.52 Å². The second-order valence-electron chi connectivity index (χ2n) is 3.88. The Hall–Kier alpha value is -2.10. The Labute approximate surface area is 122 Å². The van der Waals surface area contributed by atoms with Crippen molar-refractivity contribution >= 4 is 21.9 Å². The van der Waals surface area contributed by atoms with Gasteiger partial charge in [-0.25, -0.2) is 8.42 Å². The average Bonchev–Trinajstić information content (AvgIpc) is 2.45. The molecule has 1 rings (SSSR count). The quantitative estimate of drug-likeness (QED) is 0.675. The molecule has 1 aromatic heterocycles. The Morgan fingerprint density at radius 2 is 1.76 bits per heavy atom. The van der Waals surface area contributed by atoms with E-state index in [0.29, 0.717) is 0 Å². The Morgan fingerprint density at radius 3 is 2.24 bits per heavy atom.